The van der Waals surface area contributed by atoms with Gasteiger partial charge in [-0.2, -0.15) is 28.8 Å². The summed E-state index contributed by atoms with van der Waals surface area (Å²) in [7, 11) is 0. The van der Waals surface area contributed by atoms with Gasteiger partial charge in [-0.1, -0.05) is 241 Å². The van der Waals surface area contributed by atoms with Crippen LogP contribution in [0.1, 0.15) is 333 Å². The number of carbonyl (C=O) groups excluding carboxylic acids is 8. The van der Waals surface area contributed by atoms with Gasteiger partial charge in [0.15, 0.2) is 0 Å². The number of benzene rings is 3. The maximum Gasteiger partial charge on any atom is 0.373 e. The number of aldehydes is 2. The summed E-state index contributed by atoms with van der Waals surface area (Å²) in [6.07, 6.45) is 47.3. The van der Waals surface area contributed by atoms with Crippen molar-refractivity contribution in [3.05, 3.63) is 161 Å². The van der Waals surface area contributed by atoms with Crippen molar-refractivity contribution in [2.75, 3.05) is 5.23 Å². The molecule has 0 heterocycles. The van der Waals surface area contributed by atoms with Crippen LogP contribution in [0, 0.1) is 191 Å². The van der Waals surface area contributed by atoms with Crippen molar-refractivity contribution in [2.24, 2.45) is 175 Å². The Morgan fingerprint density at radius 3 is 0.938 bits per heavy atom. The van der Waals surface area contributed by atoms with Gasteiger partial charge in [0.25, 0.3) is 0 Å². The van der Waals surface area contributed by atoms with Crippen molar-refractivity contribution in [2.45, 2.75) is 326 Å². The highest BCUT2D eigenvalue weighted by molar-refractivity contribution is 5.73. The van der Waals surface area contributed by atoms with E-state index < -0.39 is 0 Å². The Bertz CT molecular complexity index is 4820. The molecule has 15 aliphatic rings. The first-order valence-electron chi connectivity index (χ1n) is 49.5. The zero-order chi connectivity index (χ0) is 94.3. The Morgan fingerprint density at radius 2 is 0.641 bits per heavy atom. The number of hydrogen-bond donors (Lipinski definition) is 3. The first kappa shape index (κ1) is 99.8. The van der Waals surface area contributed by atoms with Crippen molar-refractivity contribution in [3.63, 3.8) is 0 Å². The Labute approximate surface area is 770 Å². The van der Waals surface area contributed by atoms with Crippen LogP contribution in [0.25, 0.3) is 11.1 Å². The van der Waals surface area contributed by atoms with Gasteiger partial charge in [0.2, 0.25) is 0 Å². The second-order valence-electron chi connectivity index (χ2n) is 48.7. The second-order valence-corrected chi connectivity index (χ2v) is 48.7. The number of nitrogens with zero attached hydrogens (tertiary/aromatic N) is 2. The highest BCUT2D eigenvalue weighted by Gasteiger charge is 2.75. The number of hydrogen-bond acceptors (Lipinski definition) is 13. The van der Waals surface area contributed by atoms with Crippen molar-refractivity contribution < 1.29 is 54.0 Å². The van der Waals surface area contributed by atoms with E-state index in [1.807, 2.05) is 13.1 Å². The highest BCUT2D eigenvalue weighted by atomic mass is 16.8. The fraction of sp³-hybridized carbons (Fsp3) is 0.687. The second kappa shape index (κ2) is 36.3. The van der Waals surface area contributed by atoms with E-state index in [1.165, 1.54) is 193 Å². The lowest BCUT2D eigenvalue weighted by molar-refractivity contribution is -0.224. The molecule has 0 spiro atoms. The molecule has 13 nitrogen and oxygen atoms in total. The highest BCUT2D eigenvalue weighted by Crippen LogP contribution is 2.82. The van der Waals surface area contributed by atoms with Gasteiger partial charge in [-0.15, -0.1) is 10.4 Å². The van der Waals surface area contributed by atoms with Crippen LogP contribution in [0.15, 0.2) is 138 Å². The summed E-state index contributed by atoms with van der Waals surface area (Å²) < 4.78 is 0. The van der Waals surface area contributed by atoms with Crippen LogP contribution < -0.4 is 5.23 Å². The molecule has 12 fully saturated rings. The molecule has 3 N–H and O–H groups in total. The van der Waals surface area contributed by atoms with E-state index in [0.29, 0.717) is 125 Å². The number of rotatable bonds is 9. The summed E-state index contributed by atoms with van der Waals surface area (Å²) in [5.74, 6) is 9.80. The Kier molecular flexibility index (Phi) is 28.3. The third kappa shape index (κ3) is 15.7. The Morgan fingerprint density at radius 1 is 0.359 bits per heavy atom. The van der Waals surface area contributed by atoms with Crippen LogP contribution in [0.2, 0.25) is 0 Å². The maximum absolute atomic E-state index is 12.7. The minimum Gasteiger partial charge on any atom is -0.411 e. The van der Waals surface area contributed by atoms with Crippen LogP contribution in [0.3, 0.4) is 0 Å². The third-order valence-corrected chi connectivity index (χ3v) is 43.3. The molecule has 12 saturated carbocycles. The van der Waals surface area contributed by atoms with E-state index in [9.17, 15) is 14.8 Å². The zero-order valence-electron chi connectivity index (χ0n) is 82.8. The smallest absolute Gasteiger partial charge is 0.373 e. The first-order chi connectivity index (χ1) is 60.0. The minimum absolute atomic E-state index is 0.0609. The monoisotopic (exact) mass is 1750 g/mol. The molecule has 128 heavy (non-hydrogen) atoms. The van der Waals surface area contributed by atoms with Gasteiger partial charge in [0.05, 0.1) is 11.9 Å². The number of carbonyl (C=O) groups is 2. The molecule has 0 saturated heterocycles. The number of fused-ring (bicyclic) bond motifs is 21. The predicted octanol–water partition coefficient (Wildman–Crippen LogP) is 28.2. The van der Waals surface area contributed by atoms with Gasteiger partial charge < -0.3 is 14.8 Å². The standard InChI is InChI=1S/C37H53NO.C37H52O.C31H48O.C7H9NO2.3CO2/c1-24(2)27-15-20-37(23-38-39)22-21-35(7)29(32(27)37)13-14-31-34(6)18-16-28(26-11-9-25(3)10-12-26)33(4,5)30(34)17-19-36(31,35)8;1-24(2)27-15-20-37(23-38)22-21-35(7)29(32(27)37)13-14-31-34(6)18-16-28(26-11-9-25(3)10-12-26)33(4,5)30(34)17-19-36(31,35)8;1-20(2)22-12-16-31(19-32)18-17-29(7)23(26(22)31)9-10-25-28(6)14-11-21(3)27(4,5)24(28)13-15-30(25,29)8;1-6-2-4-7(5-3-6)8(9)10;3*2-1-3/h9-12,16,23,27,29-32,39H,1,13-15,17-22H2,2-8H3;9-12,16,23,27,29-32H,1,13-15,17-22H2,2-8H3;11,19,22-26H,1,9-10,12-18H2,2-8H3;2-5,9-10H,1H3;;;/b38-23+;;;;;;/t2*27-,29+,30-,31+,32+,34-,35+,36+,37+;22-,23+,24-,25+,26+,28-,29+,30+,31+;;;;/m000..../s1. The van der Waals surface area contributed by atoms with Crippen molar-refractivity contribution in [1.29, 1.82) is 0 Å². The van der Waals surface area contributed by atoms with E-state index in [2.05, 4.69) is 237 Å². The van der Waals surface area contributed by atoms with Crippen LogP contribution >= 0.6 is 0 Å². The average molecular weight is 1750 g/mol. The lowest BCUT2D eigenvalue weighted by Gasteiger charge is -2.72. The van der Waals surface area contributed by atoms with Crippen molar-refractivity contribution in [1.82, 2.24) is 0 Å². The van der Waals surface area contributed by atoms with E-state index >= 15 is 0 Å². The van der Waals surface area contributed by atoms with Crippen molar-refractivity contribution in [3.8, 4) is 0 Å². The molecule has 0 unspecified atom stereocenters. The van der Waals surface area contributed by atoms with Gasteiger partial charge in [0, 0.05) is 16.2 Å². The fourth-order valence-electron chi connectivity index (χ4n) is 36.4. The molecule has 698 valence electrons. The summed E-state index contributed by atoms with van der Waals surface area (Å²) in [5.41, 5.74) is 19.5. The predicted molar refractivity (Wildman–Crippen MR) is 510 cm³/mol. The van der Waals surface area contributed by atoms with E-state index in [4.69, 9.17) is 39.2 Å². The maximum atomic E-state index is 12.7. The topological polar surface area (TPSA) is 213 Å². The van der Waals surface area contributed by atoms with Crippen molar-refractivity contribution >= 4 is 54.1 Å². The van der Waals surface area contributed by atoms with E-state index in [0.717, 1.165) is 61.3 Å². The summed E-state index contributed by atoms with van der Waals surface area (Å²) in [5, 5.41) is 30.6. The fourth-order valence-corrected chi connectivity index (χ4v) is 36.4. The molecule has 0 bridgehead atoms. The van der Waals surface area contributed by atoms with Crippen LogP contribution in [0.5, 0.6) is 0 Å². The lowest BCUT2D eigenvalue weighted by atomic mass is 9.32. The number of anilines is 1. The molecule has 3 aromatic carbocycles. The molecule has 27 atom stereocenters. The first-order valence-corrected chi connectivity index (χ1v) is 49.5. The average Bonchev–Trinajstić information content (AvgIpc) is 1.11. The zero-order valence-corrected chi connectivity index (χ0v) is 82.8. The molecule has 0 amide bonds. The van der Waals surface area contributed by atoms with Crippen LogP contribution in [-0.2, 0) is 38.4 Å². The normalized spacial score (nSPS) is 42.6. The summed E-state index contributed by atoms with van der Waals surface area (Å²) >= 11 is 0. The van der Waals surface area contributed by atoms with Gasteiger partial charge >= 0.3 is 18.5 Å². The largest absolute Gasteiger partial charge is 0.411 e. The molecule has 0 aliphatic heterocycles. The lowest BCUT2D eigenvalue weighted by Crippen LogP contribution is -2.65. The Balaban J connectivity index is 0.000000158. The van der Waals surface area contributed by atoms with Gasteiger partial charge in [0.1, 0.15) is 12.6 Å². The molecule has 18 rings (SSSR count). The minimum atomic E-state index is -0.0867. The van der Waals surface area contributed by atoms with E-state index in [1.54, 1.807) is 41.0 Å². The summed E-state index contributed by atoms with van der Waals surface area (Å²) in [4.78, 5) is 74.0. The molecule has 0 aromatic heterocycles. The molecular formula is C115H162N2O11. The molecule has 3 aromatic rings. The van der Waals surface area contributed by atoms with Gasteiger partial charge in [-0.3, -0.25) is 10.4 Å². The quantitative estimate of drug-likeness (QED) is 0.0600. The summed E-state index contributed by atoms with van der Waals surface area (Å²) in [6.45, 7) is 68.2. The van der Waals surface area contributed by atoms with Gasteiger partial charge in [-0.05, 0) is 410 Å². The number of oxime groups is 1. The molecule has 13 heteroatoms. The summed E-state index contributed by atoms with van der Waals surface area (Å²) in [6, 6.07) is 25.4. The molecule has 15 aliphatic carbocycles. The van der Waals surface area contributed by atoms with E-state index in [-0.39, 0.29) is 50.8 Å². The van der Waals surface area contributed by atoms with Crippen LogP contribution in [0.4, 0.5) is 5.69 Å². The van der Waals surface area contributed by atoms with Crippen LogP contribution in [-0.4, -0.2) is 52.9 Å². The SMILES string of the molecule is C=C(C)[C@@H]1CC[C@]2(/C=N/O)CC[C@]3(C)[C@H](CC[C@@H]4[C@@]5(C)CC=C(c6ccc(C)cc6)C(C)(C)[C@@H]5CC[C@]43C)[C@@H]12.C=C(C)[C@@H]1CC[C@]2(C=O)CC[C@]3(C)[C@H](CC[C@@H]4[C@@]5(C)CC=C(C)C(C)(C)[C@@H]5CC[C@]43C)[C@@H]12.C=C(C)[C@@H]1CC[C@]2(C=O)CC[C@]3(C)[C@H](CC[C@@H]4[C@@]5(C)CC=C(c6ccc(C)cc6)C(C)(C)[C@@H]5CC[C@]43C)[C@@H]12.Cc1ccc(N(O)O)cc1.O=C=O.O=C=O.O=C=O. The third-order valence-electron chi connectivity index (χ3n) is 43.3. The molecule has 0 radical (unpaired) electrons. The Hall–Kier alpha value is -7.23. The molecular weight excluding hydrogens is 1590 g/mol. The van der Waals surface area contributed by atoms with Gasteiger partial charge in [-0.25, -0.2) is 0 Å². The number of allylic oxidation sites excluding steroid dienone is 9. The number of aryl methyl sites for hydroxylation is 3.